The number of hydrogen-bond acceptors (Lipinski definition) is 4. The van der Waals surface area contributed by atoms with Gasteiger partial charge in [-0.2, -0.15) is 0 Å². The number of carbonyl (C=O) groups excluding carboxylic acids is 1. The van der Waals surface area contributed by atoms with Gasteiger partial charge in [-0.1, -0.05) is 6.42 Å². The van der Waals surface area contributed by atoms with Crippen molar-refractivity contribution in [2.24, 2.45) is 0 Å². The fraction of sp³-hybridized carbons (Fsp3) is 0.500. The van der Waals surface area contributed by atoms with Gasteiger partial charge in [0.15, 0.2) is 5.76 Å². The minimum Gasteiger partial charge on any atom is -0.497 e. The molecule has 1 saturated heterocycles. The summed E-state index contributed by atoms with van der Waals surface area (Å²) in [5.41, 5.74) is 4.58. The molecule has 1 aliphatic rings. The smallest absolute Gasteiger partial charge is 0.301 e. The van der Waals surface area contributed by atoms with E-state index >= 15 is 0 Å². The van der Waals surface area contributed by atoms with Gasteiger partial charge in [-0.05, 0) is 51.8 Å². The molecule has 0 radical (unpaired) electrons. The molecular weight excluding hydrogens is 292 g/mol. The zero-order chi connectivity index (χ0) is 16.6. The molecular formula is C18H24N2O3. The fourth-order valence-electron chi connectivity index (χ4n) is 3.35. The maximum atomic E-state index is 12.7. The third-order valence-corrected chi connectivity index (χ3v) is 4.77. The minimum absolute atomic E-state index is 0.182. The van der Waals surface area contributed by atoms with Crippen LogP contribution in [0.25, 0.3) is 11.0 Å². The van der Waals surface area contributed by atoms with Crippen LogP contribution in [0.4, 0.5) is 0 Å². The van der Waals surface area contributed by atoms with E-state index in [1.807, 2.05) is 25.1 Å². The molecule has 3 rings (SSSR count). The lowest BCUT2D eigenvalue weighted by molar-refractivity contribution is 0.0352. The molecule has 124 valence electrons. The Bertz CT molecular complexity index is 712. The fourth-order valence-corrected chi connectivity index (χ4v) is 3.35. The summed E-state index contributed by atoms with van der Waals surface area (Å²) >= 11 is 0. The Hall–Kier alpha value is -2.01. The summed E-state index contributed by atoms with van der Waals surface area (Å²) in [5.74, 6) is 0.947. The van der Waals surface area contributed by atoms with Gasteiger partial charge in [-0.15, -0.1) is 0 Å². The van der Waals surface area contributed by atoms with Gasteiger partial charge in [0.05, 0.1) is 7.11 Å². The maximum Gasteiger partial charge on any atom is 0.301 e. The number of hydrazine groups is 1. The summed E-state index contributed by atoms with van der Waals surface area (Å²) in [6.45, 7) is 6.20. The lowest BCUT2D eigenvalue weighted by Gasteiger charge is -2.38. The van der Waals surface area contributed by atoms with Crippen LogP contribution >= 0.6 is 0 Å². The molecule has 0 spiro atoms. The van der Waals surface area contributed by atoms with Gasteiger partial charge in [-0.25, -0.2) is 5.01 Å². The molecule has 5 heteroatoms. The van der Waals surface area contributed by atoms with Crippen LogP contribution in [0.5, 0.6) is 5.75 Å². The number of hydrogen-bond donors (Lipinski definition) is 1. The average molecular weight is 316 g/mol. The van der Waals surface area contributed by atoms with Gasteiger partial charge in [-0.3, -0.25) is 10.2 Å². The van der Waals surface area contributed by atoms with Crippen LogP contribution in [0.15, 0.2) is 22.6 Å². The molecule has 1 fully saturated rings. The number of rotatable bonds is 3. The topological polar surface area (TPSA) is 54.7 Å². The lowest BCUT2D eigenvalue weighted by Crippen LogP contribution is -2.54. The van der Waals surface area contributed by atoms with Crippen LogP contribution in [0.1, 0.15) is 49.2 Å². The van der Waals surface area contributed by atoms with Gasteiger partial charge in [0.25, 0.3) is 0 Å². The molecule has 0 unspecified atom stereocenters. The molecule has 0 aliphatic carbocycles. The maximum absolute atomic E-state index is 12.7. The van der Waals surface area contributed by atoms with Crippen molar-refractivity contribution in [2.45, 2.75) is 52.1 Å². The average Bonchev–Trinajstić information content (AvgIpc) is 2.87. The first kappa shape index (κ1) is 15.9. The Morgan fingerprint density at radius 3 is 2.65 bits per heavy atom. The summed E-state index contributed by atoms with van der Waals surface area (Å²) in [7, 11) is 1.63. The van der Waals surface area contributed by atoms with Crippen molar-refractivity contribution in [3.05, 3.63) is 29.5 Å². The predicted molar refractivity (Wildman–Crippen MR) is 89.6 cm³/mol. The van der Waals surface area contributed by atoms with E-state index < -0.39 is 0 Å². The highest BCUT2D eigenvalue weighted by atomic mass is 16.5. The predicted octanol–water partition coefficient (Wildman–Crippen LogP) is 3.66. The molecule has 1 N–H and O–H groups in total. The molecule has 1 amide bonds. The SMILES string of the molecule is COc1ccc2oc(C(=O)NN3[C@H](C)CCC[C@H]3C)c(C)c2c1. The molecule has 0 bridgehead atoms. The number of ether oxygens (including phenoxy) is 1. The first-order valence-electron chi connectivity index (χ1n) is 8.17. The zero-order valence-corrected chi connectivity index (χ0v) is 14.2. The van der Waals surface area contributed by atoms with Crippen molar-refractivity contribution < 1.29 is 13.9 Å². The minimum atomic E-state index is -0.182. The van der Waals surface area contributed by atoms with E-state index in [1.165, 1.54) is 6.42 Å². The Morgan fingerprint density at radius 1 is 1.30 bits per heavy atom. The van der Waals surface area contributed by atoms with Crippen molar-refractivity contribution in [2.75, 3.05) is 7.11 Å². The van der Waals surface area contributed by atoms with Crippen LogP contribution in [-0.4, -0.2) is 30.1 Å². The molecule has 0 saturated carbocycles. The van der Waals surface area contributed by atoms with Crippen LogP contribution < -0.4 is 10.2 Å². The normalized spacial score (nSPS) is 22.3. The Labute approximate surface area is 136 Å². The number of methoxy groups -OCH3 is 1. The highest BCUT2D eigenvalue weighted by Crippen LogP contribution is 2.29. The zero-order valence-electron chi connectivity index (χ0n) is 14.2. The van der Waals surface area contributed by atoms with E-state index in [0.29, 0.717) is 23.4 Å². The Balaban J connectivity index is 1.87. The number of carbonyl (C=O) groups is 1. The van der Waals surface area contributed by atoms with Crippen LogP contribution in [0, 0.1) is 6.92 Å². The Morgan fingerprint density at radius 2 is 2.00 bits per heavy atom. The van der Waals surface area contributed by atoms with Crippen molar-refractivity contribution in [3.8, 4) is 5.75 Å². The number of nitrogens with zero attached hydrogens (tertiary/aromatic N) is 1. The number of benzene rings is 1. The first-order valence-corrected chi connectivity index (χ1v) is 8.17. The van der Waals surface area contributed by atoms with E-state index in [0.717, 1.165) is 29.5 Å². The Kier molecular flexibility index (Phi) is 4.31. The second kappa shape index (κ2) is 6.24. The molecule has 23 heavy (non-hydrogen) atoms. The van der Waals surface area contributed by atoms with Gasteiger partial charge < -0.3 is 9.15 Å². The van der Waals surface area contributed by atoms with Crippen LogP contribution in [0.2, 0.25) is 0 Å². The van der Waals surface area contributed by atoms with E-state index in [2.05, 4.69) is 24.3 Å². The molecule has 2 heterocycles. The van der Waals surface area contributed by atoms with Gasteiger partial charge in [0.2, 0.25) is 0 Å². The first-order chi connectivity index (χ1) is 11.0. The van der Waals surface area contributed by atoms with E-state index in [4.69, 9.17) is 9.15 Å². The monoisotopic (exact) mass is 316 g/mol. The number of aryl methyl sites for hydroxylation is 1. The quantitative estimate of drug-likeness (QED) is 0.939. The largest absolute Gasteiger partial charge is 0.497 e. The van der Waals surface area contributed by atoms with Crippen molar-refractivity contribution in [1.82, 2.24) is 10.4 Å². The van der Waals surface area contributed by atoms with Gasteiger partial charge in [0.1, 0.15) is 11.3 Å². The second-order valence-electron chi connectivity index (χ2n) is 6.40. The number of piperidine rings is 1. The summed E-state index contributed by atoms with van der Waals surface area (Å²) in [6, 6.07) is 6.25. The molecule has 1 aromatic carbocycles. The van der Waals surface area contributed by atoms with Gasteiger partial charge in [0, 0.05) is 23.0 Å². The highest BCUT2D eigenvalue weighted by Gasteiger charge is 2.28. The molecule has 2 aromatic rings. The van der Waals surface area contributed by atoms with Crippen LogP contribution in [-0.2, 0) is 0 Å². The third kappa shape index (κ3) is 2.93. The third-order valence-electron chi connectivity index (χ3n) is 4.77. The van der Waals surface area contributed by atoms with Crippen LogP contribution in [0.3, 0.4) is 0 Å². The molecule has 5 nitrogen and oxygen atoms in total. The van der Waals surface area contributed by atoms with E-state index in [1.54, 1.807) is 7.11 Å². The summed E-state index contributed by atoms with van der Waals surface area (Å²) in [5, 5.41) is 2.97. The molecule has 1 aromatic heterocycles. The lowest BCUT2D eigenvalue weighted by atomic mass is 10.00. The summed E-state index contributed by atoms with van der Waals surface area (Å²) in [4.78, 5) is 12.7. The van der Waals surface area contributed by atoms with E-state index in [-0.39, 0.29) is 5.91 Å². The van der Waals surface area contributed by atoms with Crippen molar-refractivity contribution >= 4 is 16.9 Å². The molecule has 1 aliphatic heterocycles. The number of amides is 1. The van der Waals surface area contributed by atoms with E-state index in [9.17, 15) is 4.79 Å². The summed E-state index contributed by atoms with van der Waals surface area (Å²) < 4.78 is 11.0. The van der Waals surface area contributed by atoms with Crippen molar-refractivity contribution in [3.63, 3.8) is 0 Å². The highest BCUT2D eigenvalue weighted by molar-refractivity contribution is 5.99. The molecule has 2 atom stereocenters. The van der Waals surface area contributed by atoms with Gasteiger partial charge >= 0.3 is 5.91 Å². The second-order valence-corrected chi connectivity index (χ2v) is 6.40. The summed E-state index contributed by atoms with van der Waals surface area (Å²) in [6.07, 6.45) is 3.40. The van der Waals surface area contributed by atoms with Crippen molar-refractivity contribution in [1.29, 1.82) is 0 Å². The number of nitrogens with one attached hydrogen (secondary N) is 1. The number of fused-ring (bicyclic) bond motifs is 1. The number of furan rings is 1. The standard InChI is InChI=1S/C18H24N2O3/c1-11-6-5-7-12(2)20(11)19-18(21)17-13(3)15-10-14(22-4)8-9-16(15)23-17/h8-12H,5-7H2,1-4H3,(H,19,21)/t11-,12-/m1/s1.